The first-order valence-electron chi connectivity index (χ1n) is 37.1. The fourth-order valence-corrected chi connectivity index (χ4v) is 10.7. The summed E-state index contributed by atoms with van der Waals surface area (Å²) in [6, 6.07) is 0. The molecule has 0 fully saturated rings. The maximum absolute atomic E-state index is 12.4. The highest BCUT2D eigenvalue weighted by molar-refractivity contribution is 5.70. The number of carbonyl (C=O) groups is 2. The van der Waals surface area contributed by atoms with Crippen LogP contribution in [0, 0.1) is 0 Å². The quantitative estimate of drug-likeness (QED) is 0.0373. The van der Waals surface area contributed by atoms with Crippen molar-refractivity contribution in [2.45, 2.75) is 367 Å². The monoisotopic (exact) mass is 1190 g/mol. The van der Waals surface area contributed by atoms with E-state index in [-0.39, 0.29) is 25.2 Å². The SMILES string of the molecule is CC/C=C\C/C=C\C/C=C\C/C=C\C/C=C\C/C=C\C/C=C\C/C=C\C/C=C\CCCCCCCCCCCCCC(=O)OC(CO)COC(=O)CCCCCCCCCCCCCCCCCCCCCCC/C=C\CCCCCCCCCC. The van der Waals surface area contributed by atoms with Crippen LogP contribution < -0.4 is 0 Å². The van der Waals surface area contributed by atoms with Crippen LogP contribution in [0.3, 0.4) is 0 Å². The Morgan fingerprint density at radius 3 is 0.767 bits per heavy atom. The summed E-state index contributed by atoms with van der Waals surface area (Å²) in [6.45, 7) is 4.06. The van der Waals surface area contributed by atoms with Crippen molar-refractivity contribution in [3.63, 3.8) is 0 Å². The van der Waals surface area contributed by atoms with Crippen molar-refractivity contribution in [1.29, 1.82) is 0 Å². The van der Waals surface area contributed by atoms with Gasteiger partial charge in [0.05, 0.1) is 6.61 Å². The average Bonchev–Trinajstić information content (AvgIpc) is 3.55. The van der Waals surface area contributed by atoms with Crippen LogP contribution in [0.4, 0.5) is 0 Å². The maximum atomic E-state index is 12.4. The summed E-state index contributed by atoms with van der Waals surface area (Å²) >= 11 is 0. The second-order valence-corrected chi connectivity index (χ2v) is 24.6. The summed E-state index contributed by atoms with van der Waals surface area (Å²) in [5.74, 6) is -0.584. The van der Waals surface area contributed by atoms with E-state index in [0.717, 1.165) is 96.3 Å². The molecule has 0 amide bonds. The molecule has 1 atom stereocenters. The molecule has 5 nitrogen and oxygen atoms in total. The van der Waals surface area contributed by atoms with Gasteiger partial charge in [0.25, 0.3) is 0 Å². The third-order valence-corrected chi connectivity index (χ3v) is 16.2. The predicted molar refractivity (Wildman–Crippen MR) is 380 cm³/mol. The molecule has 0 aromatic carbocycles. The Morgan fingerprint density at radius 1 is 0.279 bits per heavy atom. The first-order chi connectivity index (χ1) is 42.6. The van der Waals surface area contributed by atoms with E-state index in [0.29, 0.717) is 12.8 Å². The highest BCUT2D eigenvalue weighted by atomic mass is 16.6. The third-order valence-electron chi connectivity index (χ3n) is 16.2. The van der Waals surface area contributed by atoms with Gasteiger partial charge in [-0.15, -0.1) is 0 Å². The van der Waals surface area contributed by atoms with Crippen molar-refractivity contribution >= 4 is 11.9 Å². The lowest BCUT2D eigenvalue weighted by Crippen LogP contribution is -2.28. The summed E-state index contributed by atoms with van der Waals surface area (Å²) in [6.07, 6.45) is 111. The van der Waals surface area contributed by atoms with Gasteiger partial charge in [0.15, 0.2) is 6.10 Å². The van der Waals surface area contributed by atoms with Crippen LogP contribution in [0.25, 0.3) is 0 Å². The fraction of sp³-hybridized carbons (Fsp3) is 0.728. The van der Waals surface area contributed by atoms with E-state index in [9.17, 15) is 14.7 Å². The lowest BCUT2D eigenvalue weighted by Gasteiger charge is -2.15. The Bertz CT molecular complexity index is 1690. The molecule has 5 heteroatoms. The molecule has 0 aliphatic rings. The van der Waals surface area contributed by atoms with Crippen LogP contribution in [0.2, 0.25) is 0 Å². The van der Waals surface area contributed by atoms with Crippen LogP contribution >= 0.6 is 0 Å². The Balaban J connectivity index is 3.48. The highest BCUT2D eigenvalue weighted by Crippen LogP contribution is 2.18. The van der Waals surface area contributed by atoms with Gasteiger partial charge in [0, 0.05) is 12.8 Å². The number of rotatable bonds is 68. The average molecular weight is 1190 g/mol. The summed E-state index contributed by atoms with van der Waals surface area (Å²) in [5.41, 5.74) is 0. The first kappa shape index (κ1) is 82.3. The second-order valence-electron chi connectivity index (χ2n) is 24.6. The highest BCUT2D eigenvalue weighted by Gasteiger charge is 2.16. The molecule has 0 saturated carbocycles. The Hall–Kier alpha value is -3.70. The smallest absolute Gasteiger partial charge is 0.306 e. The number of ether oxygens (including phenoxy) is 2. The summed E-state index contributed by atoms with van der Waals surface area (Å²) in [4.78, 5) is 24.7. The van der Waals surface area contributed by atoms with Gasteiger partial charge in [-0.3, -0.25) is 9.59 Å². The van der Waals surface area contributed by atoms with Crippen molar-refractivity contribution in [2.75, 3.05) is 13.2 Å². The third kappa shape index (κ3) is 72.8. The number of hydrogen-bond acceptors (Lipinski definition) is 5. The second kappa shape index (κ2) is 75.5. The number of aliphatic hydroxyl groups excluding tert-OH is 1. The van der Waals surface area contributed by atoms with Crippen molar-refractivity contribution < 1.29 is 24.2 Å². The molecule has 0 saturated heterocycles. The lowest BCUT2D eigenvalue weighted by molar-refractivity contribution is -0.161. The number of hydrogen-bond donors (Lipinski definition) is 1. The summed E-state index contributed by atoms with van der Waals surface area (Å²) in [5, 5.41) is 9.72. The molecule has 0 bridgehead atoms. The van der Waals surface area contributed by atoms with E-state index in [2.05, 4.69) is 135 Å². The zero-order valence-electron chi connectivity index (χ0n) is 56.8. The van der Waals surface area contributed by atoms with Gasteiger partial charge in [0.1, 0.15) is 6.61 Å². The molecule has 0 aliphatic carbocycles. The number of esters is 2. The van der Waals surface area contributed by atoms with Gasteiger partial charge < -0.3 is 14.6 Å². The molecule has 0 aromatic heterocycles. The molecular weight excluding hydrogens is 1050 g/mol. The van der Waals surface area contributed by atoms with E-state index in [1.54, 1.807) is 0 Å². The van der Waals surface area contributed by atoms with Gasteiger partial charge >= 0.3 is 11.9 Å². The van der Waals surface area contributed by atoms with Crippen molar-refractivity contribution in [2.24, 2.45) is 0 Å². The van der Waals surface area contributed by atoms with Crippen LogP contribution in [0.1, 0.15) is 361 Å². The van der Waals surface area contributed by atoms with E-state index >= 15 is 0 Å². The molecule has 1 unspecified atom stereocenters. The van der Waals surface area contributed by atoms with E-state index in [1.807, 2.05) is 0 Å². The molecule has 86 heavy (non-hydrogen) atoms. The van der Waals surface area contributed by atoms with Crippen molar-refractivity contribution in [3.05, 3.63) is 122 Å². The predicted octanol–water partition coefficient (Wildman–Crippen LogP) is 26.1. The first-order valence-corrected chi connectivity index (χ1v) is 37.1. The largest absolute Gasteiger partial charge is 0.462 e. The van der Waals surface area contributed by atoms with Crippen LogP contribution in [0.15, 0.2) is 122 Å². The molecule has 0 aromatic rings. The Kier molecular flexibility index (Phi) is 72.3. The topological polar surface area (TPSA) is 72.8 Å². The molecular formula is C81H140O5. The minimum Gasteiger partial charge on any atom is -0.462 e. The lowest BCUT2D eigenvalue weighted by atomic mass is 10.0. The standard InChI is InChI=1S/C81H140O5/c1-3-5-7-9-11-13-15-17-19-21-23-25-27-29-31-33-35-37-38-39-40-41-42-44-46-48-50-52-54-56-58-60-62-64-66-68-70-72-74-76-81(84)86-79(77-82)78-85-80(83)75-73-71-69-67-65-63-61-59-57-55-53-51-49-47-45-43-36-34-32-30-28-26-24-22-20-18-16-14-12-10-8-6-4-2/h5,7,11,13,17,19,22-25,29,31,35,37,39-40,42,44,48,50,79,82H,3-4,6,8-10,12,14-16,18,20-21,26-28,30,32-34,36,38,41,43,45-47,49,51-78H2,1-2H3/b7-5-,13-11-,19-17-,24-22-,25-23-,31-29-,37-35-,40-39-,44-42-,50-48-. The minimum absolute atomic E-state index is 0.0684. The molecule has 0 radical (unpaired) electrons. The number of aliphatic hydroxyl groups is 1. The molecule has 494 valence electrons. The summed E-state index contributed by atoms with van der Waals surface area (Å²) in [7, 11) is 0. The molecule has 0 spiro atoms. The number of unbranched alkanes of at least 4 members (excludes halogenated alkanes) is 40. The van der Waals surface area contributed by atoms with Gasteiger partial charge in [0.2, 0.25) is 0 Å². The van der Waals surface area contributed by atoms with E-state index in [4.69, 9.17) is 9.47 Å². The van der Waals surface area contributed by atoms with Crippen LogP contribution in [0.5, 0.6) is 0 Å². The van der Waals surface area contributed by atoms with Gasteiger partial charge in [-0.25, -0.2) is 0 Å². The molecule has 1 N–H and O–H groups in total. The van der Waals surface area contributed by atoms with Crippen LogP contribution in [-0.4, -0.2) is 36.4 Å². The van der Waals surface area contributed by atoms with Crippen LogP contribution in [-0.2, 0) is 19.1 Å². The van der Waals surface area contributed by atoms with Gasteiger partial charge in [-0.1, -0.05) is 360 Å². The van der Waals surface area contributed by atoms with E-state index in [1.165, 1.54) is 238 Å². The fourth-order valence-electron chi connectivity index (χ4n) is 10.7. The van der Waals surface area contributed by atoms with Crippen molar-refractivity contribution in [1.82, 2.24) is 0 Å². The number of carbonyl (C=O) groups excluding carboxylic acids is 2. The summed E-state index contributed by atoms with van der Waals surface area (Å²) < 4.78 is 10.8. The van der Waals surface area contributed by atoms with Gasteiger partial charge in [-0.05, 0) is 109 Å². The van der Waals surface area contributed by atoms with Gasteiger partial charge in [-0.2, -0.15) is 0 Å². The zero-order chi connectivity index (χ0) is 61.9. The van der Waals surface area contributed by atoms with Crippen molar-refractivity contribution in [3.8, 4) is 0 Å². The zero-order valence-corrected chi connectivity index (χ0v) is 56.8. The number of allylic oxidation sites excluding steroid dienone is 20. The Morgan fingerprint density at radius 2 is 0.500 bits per heavy atom. The Labute approximate surface area is 534 Å². The molecule has 0 aliphatic heterocycles. The molecule has 0 rings (SSSR count). The molecule has 0 heterocycles. The normalized spacial score (nSPS) is 12.9. The maximum Gasteiger partial charge on any atom is 0.306 e. The van der Waals surface area contributed by atoms with E-state index < -0.39 is 6.10 Å². The minimum atomic E-state index is -0.781.